The van der Waals surface area contributed by atoms with Crippen LogP contribution in [-0.4, -0.2) is 7.05 Å². The molecule has 1 atom stereocenters. The smallest absolute Gasteiger partial charge is 0.123 e. The summed E-state index contributed by atoms with van der Waals surface area (Å²) >= 11 is 0. The molecule has 0 fully saturated rings. The molecule has 0 saturated carbocycles. The fourth-order valence-electron chi connectivity index (χ4n) is 2.64. The first-order chi connectivity index (χ1) is 9.69. The van der Waals surface area contributed by atoms with Crippen LogP contribution in [0, 0.1) is 5.82 Å². The average molecular weight is 271 g/mol. The number of halogens is 1. The molecule has 0 heterocycles. The summed E-state index contributed by atoms with van der Waals surface area (Å²) in [4.78, 5) is 0. The lowest BCUT2D eigenvalue weighted by atomic mass is 9.91. The Morgan fingerprint density at radius 1 is 1.05 bits per heavy atom. The number of rotatable bonds is 5. The van der Waals surface area contributed by atoms with Crippen molar-refractivity contribution in [1.82, 2.24) is 5.32 Å². The van der Waals surface area contributed by atoms with Crippen molar-refractivity contribution in [2.75, 3.05) is 7.05 Å². The average Bonchev–Trinajstić information content (AvgIpc) is 2.48. The molecule has 2 aromatic carbocycles. The standard InChI is InChI=1S/C18H22FN/c1-4-13-9-10-14(5-2)17(11-13)18(20-3)15-7-6-8-16(19)12-15/h6-12,18,20H,4-5H2,1-3H3. The van der Waals surface area contributed by atoms with E-state index in [1.165, 1.54) is 22.8 Å². The quantitative estimate of drug-likeness (QED) is 0.856. The van der Waals surface area contributed by atoms with Gasteiger partial charge in [-0.15, -0.1) is 0 Å². The third kappa shape index (κ3) is 3.07. The Hall–Kier alpha value is -1.67. The molecule has 0 bridgehead atoms. The van der Waals surface area contributed by atoms with E-state index in [2.05, 4.69) is 37.4 Å². The molecule has 0 radical (unpaired) electrons. The van der Waals surface area contributed by atoms with E-state index in [0.29, 0.717) is 0 Å². The van der Waals surface area contributed by atoms with E-state index in [4.69, 9.17) is 0 Å². The Bertz CT molecular complexity index is 577. The molecule has 0 amide bonds. The van der Waals surface area contributed by atoms with Gasteiger partial charge >= 0.3 is 0 Å². The lowest BCUT2D eigenvalue weighted by molar-refractivity contribution is 0.616. The molecule has 0 saturated heterocycles. The van der Waals surface area contributed by atoms with Gasteiger partial charge in [0.25, 0.3) is 0 Å². The van der Waals surface area contributed by atoms with Gasteiger partial charge in [-0.2, -0.15) is 0 Å². The van der Waals surface area contributed by atoms with Crippen LogP contribution in [0.25, 0.3) is 0 Å². The Morgan fingerprint density at radius 3 is 2.45 bits per heavy atom. The van der Waals surface area contributed by atoms with Crippen LogP contribution in [0.4, 0.5) is 4.39 Å². The second-order valence-corrected chi connectivity index (χ2v) is 5.02. The largest absolute Gasteiger partial charge is 0.309 e. The summed E-state index contributed by atoms with van der Waals surface area (Å²) in [5, 5.41) is 3.32. The van der Waals surface area contributed by atoms with Gasteiger partial charge in [0.05, 0.1) is 6.04 Å². The van der Waals surface area contributed by atoms with Gasteiger partial charge in [0.2, 0.25) is 0 Å². The van der Waals surface area contributed by atoms with Gasteiger partial charge in [-0.25, -0.2) is 4.39 Å². The minimum absolute atomic E-state index is 0.0344. The zero-order valence-electron chi connectivity index (χ0n) is 12.4. The predicted octanol–water partition coefficient (Wildman–Crippen LogP) is 4.26. The van der Waals surface area contributed by atoms with Crippen LogP contribution in [-0.2, 0) is 12.8 Å². The van der Waals surface area contributed by atoms with Gasteiger partial charge in [0, 0.05) is 0 Å². The van der Waals surface area contributed by atoms with Crippen LogP contribution >= 0.6 is 0 Å². The Morgan fingerprint density at radius 2 is 1.85 bits per heavy atom. The summed E-state index contributed by atoms with van der Waals surface area (Å²) < 4.78 is 13.5. The molecule has 0 aliphatic carbocycles. The molecule has 1 N–H and O–H groups in total. The number of hydrogen-bond acceptors (Lipinski definition) is 1. The first kappa shape index (κ1) is 14.7. The van der Waals surface area contributed by atoms with Crippen LogP contribution in [0.15, 0.2) is 42.5 Å². The third-order valence-corrected chi connectivity index (χ3v) is 3.78. The van der Waals surface area contributed by atoms with Crippen LogP contribution in [0.5, 0.6) is 0 Å². The Kier molecular flexibility index (Phi) is 4.91. The van der Waals surface area contributed by atoms with E-state index in [1.54, 1.807) is 12.1 Å². The van der Waals surface area contributed by atoms with Crippen LogP contribution < -0.4 is 5.32 Å². The van der Waals surface area contributed by atoms with Crippen molar-refractivity contribution in [2.45, 2.75) is 32.7 Å². The SMILES string of the molecule is CCc1ccc(CC)c(C(NC)c2cccc(F)c2)c1. The second-order valence-electron chi connectivity index (χ2n) is 5.02. The number of benzene rings is 2. The van der Waals surface area contributed by atoms with Crippen molar-refractivity contribution in [2.24, 2.45) is 0 Å². The van der Waals surface area contributed by atoms with Gasteiger partial charge in [-0.1, -0.05) is 44.2 Å². The fraction of sp³-hybridized carbons (Fsp3) is 0.333. The highest BCUT2D eigenvalue weighted by atomic mass is 19.1. The molecule has 0 aromatic heterocycles. The summed E-state index contributed by atoms with van der Waals surface area (Å²) in [6.07, 6.45) is 1.99. The van der Waals surface area contributed by atoms with Crippen LogP contribution in [0.1, 0.15) is 42.1 Å². The monoisotopic (exact) mass is 271 g/mol. The highest BCUT2D eigenvalue weighted by Gasteiger charge is 2.16. The van der Waals surface area contributed by atoms with E-state index < -0.39 is 0 Å². The molecule has 106 valence electrons. The Labute approximate surface area is 120 Å². The van der Waals surface area contributed by atoms with Gasteiger partial charge in [-0.3, -0.25) is 0 Å². The Balaban J connectivity index is 2.50. The van der Waals surface area contributed by atoms with Gasteiger partial charge < -0.3 is 5.32 Å². The molecule has 2 rings (SSSR count). The first-order valence-electron chi connectivity index (χ1n) is 7.24. The fourth-order valence-corrected chi connectivity index (χ4v) is 2.64. The van der Waals surface area contributed by atoms with E-state index >= 15 is 0 Å². The molecule has 0 aliphatic rings. The molecule has 1 nitrogen and oxygen atoms in total. The molecular formula is C18H22FN. The number of nitrogens with one attached hydrogen (secondary N) is 1. The van der Waals surface area contributed by atoms with Crippen LogP contribution in [0.2, 0.25) is 0 Å². The number of hydrogen-bond donors (Lipinski definition) is 1. The molecule has 2 heteroatoms. The van der Waals surface area contributed by atoms with Crippen molar-refractivity contribution >= 4 is 0 Å². The van der Waals surface area contributed by atoms with Crippen molar-refractivity contribution in [3.05, 3.63) is 70.5 Å². The lowest BCUT2D eigenvalue weighted by Gasteiger charge is -2.21. The minimum Gasteiger partial charge on any atom is -0.309 e. The second kappa shape index (κ2) is 6.67. The zero-order valence-corrected chi connectivity index (χ0v) is 12.4. The minimum atomic E-state index is -0.188. The van der Waals surface area contributed by atoms with E-state index in [-0.39, 0.29) is 11.9 Å². The number of aryl methyl sites for hydroxylation is 2. The highest BCUT2D eigenvalue weighted by Crippen LogP contribution is 2.27. The molecule has 1 unspecified atom stereocenters. The normalized spacial score (nSPS) is 12.4. The summed E-state index contributed by atoms with van der Waals surface area (Å²) in [5.41, 5.74) is 4.84. The van der Waals surface area contributed by atoms with Crippen molar-refractivity contribution in [3.8, 4) is 0 Å². The lowest BCUT2D eigenvalue weighted by Crippen LogP contribution is -2.19. The van der Waals surface area contributed by atoms with Crippen molar-refractivity contribution < 1.29 is 4.39 Å². The molecule has 0 spiro atoms. The first-order valence-corrected chi connectivity index (χ1v) is 7.24. The maximum absolute atomic E-state index is 13.5. The van der Waals surface area contributed by atoms with E-state index in [9.17, 15) is 4.39 Å². The molecule has 2 aromatic rings. The summed E-state index contributed by atoms with van der Waals surface area (Å²) in [7, 11) is 1.92. The third-order valence-electron chi connectivity index (χ3n) is 3.78. The van der Waals surface area contributed by atoms with E-state index in [1.807, 2.05) is 13.1 Å². The van der Waals surface area contributed by atoms with Gasteiger partial charge in [0.15, 0.2) is 0 Å². The van der Waals surface area contributed by atoms with Crippen LogP contribution in [0.3, 0.4) is 0 Å². The summed E-state index contributed by atoms with van der Waals surface area (Å²) in [6, 6.07) is 13.5. The molecule has 0 aliphatic heterocycles. The molecule has 20 heavy (non-hydrogen) atoms. The zero-order chi connectivity index (χ0) is 14.5. The topological polar surface area (TPSA) is 12.0 Å². The highest BCUT2D eigenvalue weighted by molar-refractivity contribution is 5.40. The van der Waals surface area contributed by atoms with Crippen molar-refractivity contribution in [1.29, 1.82) is 0 Å². The molecular weight excluding hydrogens is 249 g/mol. The maximum Gasteiger partial charge on any atom is 0.123 e. The van der Waals surface area contributed by atoms with Gasteiger partial charge in [0.1, 0.15) is 5.82 Å². The summed E-state index contributed by atoms with van der Waals surface area (Å²) in [6.45, 7) is 4.31. The van der Waals surface area contributed by atoms with E-state index in [0.717, 1.165) is 18.4 Å². The predicted molar refractivity (Wildman–Crippen MR) is 82.5 cm³/mol. The maximum atomic E-state index is 13.5. The van der Waals surface area contributed by atoms with Gasteiger partial charge in [-0.05, 0) is 54.3 Å². The van der Waals surface area contributed by atoms with Crippen molar-refractivity contribution in [3.63, 3.8) is 0 Å². The summed E-state index contributed by atoms with van der Waals surface area (Å²) in [5.74, 6) is -0.188.